The fraction of sp³-hybridized carbons (Fsp3) is 0.444. The maximum absolute atomic E-state index is 5.71. The van der Waals surface area contributed by atoms with E-state index in [0.29, 0.717) is 17.5 Å². The van der Waals surface area contributed by atoms with Gasteiger partial charge in [0.1, 0.15) is 0 Å². The molecule has 3 heteroatoms. The van der Waals surface area contributed by atoms with Gasteiger partial charge in [-0.2, -0.15) is 0 Å². The number of methoxy groups -OCH3 is 1. The minimum Gasteiger partial charge on any atom is -0.480 e. The van der Waals surface area contributed by atoms with Crippen molar-refractivity contribution in [2.75, 3.05) is 12.8 Å². The molecule has 0 unspecified atom stereocenters. The second-order valence-electron chi connectivity index (χ2n) is 3.14. The van der Waals surface area contributed by atoms with Crippen LogP contribution in [0.1, 0.15) is 24.3 Å². The van der Waals surface area contributed by atoms with Crippen molar-refractivity contribution in [1.82, 2.24) is 4.98 Å². The Bertz CT molecular complexity index is 295. The van der Waals surface area contributed by atoms with Gasteiger partial charge in [0, 0.05) is 6.20 Å². The zero-order valence-electron chi connectivity index (χ0n) is 7.08. The van der Waals surface area contributed by atoms with E-state index in [0.717, 1.165) is 0 Å². The molecule has 12 heavy (non-hydrogen) atoms. The van der Waals surface area contributed by atoms with E-state index in [1.165, 1.54) is 18.4 Å². The molecule has 1 aromatic heterocycles. The molecule has 0 atom stereocenters. The van der Waals surface area contributed by atoms with Crippen LogP contribution in [-0.4, -0.2) is 12.1 Å². The molecule has 3 nitrogen and oxygen atoms in total. The van der Waals surface area contributed by atoms with E-state index in [1.54, 1.807) is 7.11 Å². The minimum absolute atomic E-state index is 0.527. The number of hydrogen-bond donors (Lipinski definition) is 1. The monoisotopic (exact) mass is 164 g/mol. The fourth-order valence-corrected chi connectivity index (χ4v) is 1.30. The molecule has 1 aromatic rings. The summed E-state index contributed by atoms with van der Waals surface area (Å²) in [7, 11) is 1.58. The number of ether oxygens (including phenoxy) is 1. The molecule has 0 aliphatic heterocycles. The molecule has 2 rings (SSSR count). The van der Waals surface area contributed by atoms with E-state index in [9.17, 15) is 0 Å². The van der Waals surface area contributed by atoms with Gasteiger partial charge in [-0.05, 0) is 30.4 Å². The Hall–Kier alpha value is -1.25. The van der Waals surface area contributed by atoms with E-state index in [4.69, 9.17) is 10.5 Å². The highest BCUT2D eigenvalue weighted by Crippen LogP contribution is 2.40. The summed E-state index contributed by atoms with van der Waals surface area (Å²) >= 11 is 0. The zero-order chi connectivity index (χ0) is 8.55. The summed E-state index contributed by atoms with van der Waals surface area (Å²) in [5, 5.41) is 0. The van der Waals surface area contributed by atoms with Gasteiger partial charge in [0.15, 0.2) is 0 Å². The molecule has 1 fully saturated rings. The van der Waals surface area contributed by atoms with Gasteiger partial charge in [-0.25, -0.2) is 4.98 Å². The maximum atomic E-state index is 5.71. The van der Waals surface area contributed by atoms with Gasteiger partial charge in [-0.1, -0.05) is 0 Å². The lowest BCUT2D eigenvalue weighted by molar-refractivity contribution is 0.400. The molecule has 1 aliphatic rings. The molecule has 1 heterocycles. The third-order valence-electron chi connectivity index (χ3n) is 2.14. The molecule has 0 saturated heterocycles. The number of aromatic nitrogens is 1. The Labute approximate surface area is 71.6 Å². The fourth-order valence-electron chi connectivity index (χ4n) is 1.30. The first-order valence-electron chi connectivity index (χ1n) is 4.10. The quantitative estimate of drug-likeness (QED) is 0.721. The maximum Gasteiger partial charge on any atom is 0.236 e. The number of hydrogen-bond acceptors (Lipinski definition) is 3. The summed E-state index contributed by atoms with van der Waals surface area (Å²) in [6.45, 7) is 0. The highest BCUT2D eigenvalue weighted by Gasteiger charge is 2.24. The average Bonchev–Trinajstić information content (AvgIpc) is 2.86. The van der Waals surface area contributed by atoms with Crippen molar-refractivity contribution in [2.45, 2.75) is 18.8 Å². The molecular weight excluding hydrogens is 152 g/mol. The van der Waals surface area contributed by atoms with Gasteiger partial charge in [0.2, 0.25) is 5.88 Å². The molecule has 1 aliphatic carbocycles. The predicted molar refractivity (Wildman–Crippen MR) is 47.2 cm³/mol. The topological polar surface area (TPSA) is 48.1 Å². The normalized spacial score (nSPS) is 16.1. The molecule has 0 bridgehead atoms. The van der Waals surface area contributed by atoms with Gasteiger partial charge in [0.05, 0.1) is 12.8 Å². The third kappa shape index (κ3) is 1.22. The van der Waals surface area contributed by atoms with Gasteiger partial charge in [0.25, 0.3) is 0 Å². The Morgan fingerprint density at radius 1 is 1.58 bits per heavy atom. The molecule has 1 saturated carbocycles. The SMILES string of the molecule is COc1ncc(C2CC2)cc1N. The zero-order valence-corrected chi connectivity index (χ0v) is 7.08. The largest absolute Gasteiger partial charge is 0.480 e. The van der Waals surface area contributed by atoms with Gasteiger partial charge < -0.3 is 10.5 Å². The lowest BCUT2D eigenvalue weighted by Crippen LogP contribution is -1.96. The number of rotatable bonds is 2. The van der Waals surface area contributed by atoms with Crippen molar-refractivity contribution in [3.05, 3.63) is 17.8 Å². The summed E-state index contributed by atoms with van der Waals surface area (Å²) < 4.78 is 4.96. The number of nitrogen functional groups attached to an aromatic ring is 1. The first kappa shape index (κ1) is 7.40. The van der Waals surface area contributed by atoms with Crippen LogP contribution in [0.15, 0.2) is 12.3 Å². The number of nitrogens with zero attached hydrogens (tertiary/aromatic N) is 1. The Morgan fingerprint density at radius 2 is 2.33 bits per heavy atom. The number of nitrogens with two attached hydrogens (primary N) is 1. The van der Waals surface area contributed by atoms with E-state index in [-0.39, 0.29) is 0 Å². The van der Waals surface area contributed by atoms with Crippen molar-refractivity contribution in [3.63, 3.8) is 0 Å². The summed E-state index contributed by atoms with van der Waals surface area (Å²) in [6, 6.07) is 1.96. The van der Waals surface area contributed by atoms with Crippen molar-refractivity contribution in [2.24, 2.45) is 0 Å². The van der Waals surface area contributed by atoms with E-state index in [1.807, 2.05) is 12.3 Å². The summed E-state index contributed by atoms with van der Waals surface area (Å²) in [4.78, 5) is 4.11. The van der Waals surface area contributed by atoms with Crippen molar-refractivity contribution in [1.29, 1.82) is 0 Å². The van der Waals surface area contributed by atoms with E-state index >= 15 is 0 Å². The first-order valence-corrected chi connectivity index (χ1v) is 4.10. The van der Waals surface area contributed by atoms with E-state index < -0.39 is 0 Å². The van der Waals surface area contributed by atoms with Gasteiger partial charge in [-0.15, -0.1) is 0 Å². The summed E-state index contributed by atoms with van der Waals surface area (Å²) in [6.07, 6.45) is 4.40. The van der Waals surface area contributed by atoms with Crippen LogP contribution in [0, 0.1) is 0 Å². The molecule has 0 amide bonds. The van der Waals surface area contributed by atoms with Crippen LogP contribution in [0.25, 0.3) is 0 Å². The minimum atomic E-state index is 0.527. The summed E-state index contributed by atoms with van der Waals surface area (Å²) in [5.74, 6) is 1.23. The van der Waals surface area contributed by atoms with Crippen LogP contribution in [-0.2, 0) is 0 Å². The van der Waals surface area contributed by atoms with Crippen LogP contribution >= 0.6 is 0 Å². The Balaban J connectivity index is 2.30. The highest BCUT2D eigenvalue weighted by atomic mass is 16.5. The predicted octanol–water partition coefficient (Wildman–Crippen LogP) is 1.55. The standard InChI is InChI=1S/C9H12N2O/c1-12-9-8(10)4-7(5-11-9)6-2-3-6/h4-6H,2-3,10H2,1H3. The molecular formula is C9H12N2O. The lowest BCUT2D eigenvalue weighted by atomic mass is 10.2. The van der Waals surface area contributed by atoms with Crippen LogP contribution in [0.5, 0.6) is 5.88 Å². The number of pyridine rings is 1. The van der Waals surface area contributed by atoms with Crippen molar-refractivity contribution >= 4 is 5.69 Å². The van der Waals surface area contributed by atoms with Crippen molar-refractivity contribution in [3.8, 4) is 5.88 Å². The average molecular weight is 164 g/mol. The third-order valence-corrected chi connectivity index (χ3v) is 2.14. The van der Waals surface area contributed by atoms with E-state index in [2.05, 4.69) is 4.98 Å². The van der Waals surface area contributed by atoms with Crippen LogP contribution in [0.3, 0.4) is 0 Å². The lowest BCUT2D eigenvalue weighted by Gasteiger charge is -2.04. The number of anilines is 1. The van der Waals surface area contributed by atoms with Crippen LogP contribution < -0.4 is 10.5 Å². The second kappa shape index (κ2) is 2.66. The Morgan fingerprint density at radius 3 is 2.83 bits per heavy atom. The highest BCUT2D eigenvalue weighted by molar-refractivity contribution is 5.50. The first-order chi connectivity index (χ1) is 5.81. The molecule has 2 N–H and O–H groups in total. The molecule has 0 radical (unpaired) electrons. The van der Waals surface area contributed by atoms with Crippen LogP contribution in [0.4, 0.5) is 5.69 Å². The van der Waals surface area contributed by atoms with Crippen molar-refractivity contribution < 1.29 is 4.74 Å². The van der Waals surface area contributed by atoms with Crippen LogP contribution in [0.2, 0.25) is 0 Å². The molecule has 0 aromatic carbocycles. The second-order valence-corrected chi connectivity index (χ2v) is 3.14. The Kier molecular flexibility index (Phi) is 1.64. The van der Waals surface area contributed by atoms with Gasteiger partial charge >= 0.3 is 0 Å². The molecule has 64 valence electrons. The smallest absolute Gasteiger partial charge is 0.236 e. The van der Waals surface area contributed by atoms with Gasteiger partial charge in [-0.3, -0.25) is 0 Å². The summed E-state index contributed by atoms with van der Waals surface area (Å²) in [5.41, 5.74) is 7.59. The molecule has 0 spiro atoms.